The van der Waals surface area contributed by atoms with Gasteiger partial charge in [0.25, 0.3) is 0 Å². The van der Waals surface area contributed by atoms with E-state index in [0.29, 0.717) is 17.5 Å². The maximum atomic E-state index is 5.30. The molecule has 1 spiro atoms. The van der Waals surface area contributed by atoms with E-state index in [1.165, 1.54) is 71.2 Å². The normalized spacial score (nSPS) is 15.8. The maximum absolute atomic E-state index is 5.30. The largest absolute Gasteiger partial charge is 0.309 e. The van der Waals surface area contributed by atoms with Crippen molar-refractivity contribution < 1.29 is 0 Å². The lowest BCUT2D eigenvalue weighted by molar-refractivity contribution is 0.734. The first kappa shape index (κ1) is 35.9. The molecule has 0 N–H and O–H groups in total. The molecule has 11 aromatic rings. The molecular formula is C58H37N4P. The highest BCUT2D eigenvalue weighted by Gasteiger charge is 2.51. The smallest absolute Gasteiger partial charge is 0.164 e. The Kier molecular flexibility index (Phi) is 8.06. The van der Waals surface area contributed by atoms with Crippen molar-refractivity contribution in [1.29, 1.82) is 0 Å². The molecule has 294 valence electrons. The summed E-state index contributed by atoms with van der Waals surface area (Å²) >= 11 is 0. The van der Waals surface area contributed by atoms with Crippen LogP contribution in [0.1, 0.15) is 22.3 Å². The Morgan fingerprint density at radius 1 is 0.349 bits per heavy atom. The zero-order valence-electron chi connectivity index (χ0n) is 34.1. The third kappa shape index (κ3) is 5.35. The minimum Gasteiger partial charge on any atom is -0.309 e. The predicted molar refractivity (Wildman–Crippen MR) is 260 cm³/mol. The van der Waals surface area contributed by atoms with Crippen molar-refractivity contribution in [1.82, 2.24) is 19.5 Å². The second-order valence-corrected chi connectivity index (χ2v) is 18.5. The first-order valence-corrected chi connectivity index (χ1v) is 22.8. The van der Waals surface area contributed by atoms with Gasteiger partial charge in [0, 0.05) is 27.5 Å². The van der Waals surface area contributed by atoms with Crippen molar-refractivity contribution in [2.45, 2.75) is 5.41 Å². The summed E-state index contributed by atoms with van der Waals surface area (Å²) in [5, 5.41) is 6.51. The fraction of sp³-hybridized carbons (Fsp3) is 0.0172. The quantitative estimate of drug-likeness (QED) is 0.162. The van der Waals surface area contributed by atoms with Crippen LogP contribution < -0.4 is 15.9 Å². The van der Waals surface area contributed by atoms with Crippen LogP contribution in [0.2, 0.25) is 0 Å². The Hall–Kier alpha value is -7.78. The minimum absolute atomic E-state index is 0.599. The summed E-state index contributed by atoms with van der Waals surface area (Å²) in [6.07, 6.45) is 0. The molecule has 63 heavy (non-hydrogen) atoms. The number of fused-ring (bicyclic) bond motifs is 11. The second kappa shape index (κ2) is 14.1. The third-order valence-electron chi connectivity index (χ3n) is 13.0. The van der Waals surface area contributed by atoms with E-state index < -0.39 is 13.3 Å². The molecule has 0 fully saturated rings. The Morgan fingerprint density at radius 3 is 1.62 bits per heavy atom. The van der Waals surface area contributed by atoms with Gasteiger partial charge in [0.05, 0.1) is 22.1 Å². The molecule has 13 rings (SSSR count). The lowest BCUT2D eigenvalue weighted by atomic mass is 9.62. The summed E-state index contributed by atoms with van der Waals surface area (Å²) in [7, 11) is -0.998. The molecule has 9 aromatic carbocycles. The van der Waals surface area contributed by atoms with Gasteiger partial charge in [0.15, 0.2) is 17.5 Å². The number of benzene rings is 9. The summed E-state index contributed by atoms with van der Waals surface area (Å²) in [5.74, 6) is 1.94. The second-order valence-electron chi connectivity index (χ2n) is 16.4. The van der Waals surface area contributed by atoms with E-state index in [1.54, 1.807) is 0 Å². The topological polar surface area (TPSA) is 43.6 Å². The number of hydrogen-bond acceptors (Lipinski definition) is 3. The molecule has 0 saturated heterocycles. The van der Waals surface area contributed by atoms with E-state index >= 15 is 0 Å². The molecule has 2 aliphatic rings. The molecule has 0 radical (unpaired) electrons. The van der Waals surface area contributed by atoms with Crippen LogP contribution in [0, 0.1) is 0 Å². The maximum Gasteiger partial charge on any atom is 0.164 e. The molecule has 2 atom stereocenters. The highest BCUT2D eigenvalue weighted by atomic mass is 31.1. The molecule has 5 heteroatoms. The number of nitrogens with zero attached hydrogens (tertiary/aromatic N) is 4. The van der Waals surface area contributed by atoms with Crippen LogP contribution in [0.25, 0.3) is 72.8 Å². The zero-order chi connectivity index (χ0) is 41.5. The van der Waals surface area contributed by atoms with Crippen LogP contribution >= 0.6 is 7.92 Å². The van der Waals surface area contributed by atoms with Crippen LogP contribution in [-0.2, 0) is 5.41 Å². The van der Waals surface area contributed by atoms with E-state index in [-0.39, 0.29) is 0 Å². The Morgan fingerprint density at radius 2 is 0.857 bits per heavy atom. The molecule has 0 aliphatic carbocycles. The molecular weight excluding hydrogens is 784 g/mol. The molecule has 0 bridgehead atoms. The number of hydrogen-bond donors (Lipinski definition) is 0. The van der Waals surface area contributed by atoms with E-state index in [0.717, 1.165) is 22.3 Å². The van der Waals surface area contributed by atoms with Gasteiger partial charge in [-0.1, -0.05) is 206 Å². The van der Waals surface area contributed by atoms with Gasteiger partial charge in [-0.25, -0.2) is 15.0 Å². The lowest BCUT2D eigenvalue weighted by Gasteiger charge is -2.47. The van der Waals surface area contributed by atoms with Crippen molar-refractivity contribution in [2.24, 2.45) is 0 Å². The first-order chi connectivity index (χ1) is 31.3. The first-order valence-electron chi connectivity index (χ1n) is 21.5. The van der Waals surface area contributed by atoms with Gasteiger partial charge in [0.2, 0.25) is 0 Å². The van der Waals surface area contributed by atoms with Crippen molar-refractivity contribution in [3.63, 3.8) is 0 Å². The van der Waals surface area contributed by atoms with E-state index in [9.17, 15) is 0 Å². The summed E-state index contributed by atoms with van der Waals surface area (Å²) in [6, 6.07) is 81.5. The molecule has 0 amide bonds. The van der Waals surface area contributed by atoms with Crippen LogP contribution in [0.4, 0.5) is 0 Å². The summed E-state index contributed by atoms with van der Waals surface area (Å²) < 4.78 is 2.51. The minimum atomic E-state index is -0.998. The van der Waals surface area contributed by atoms with E-state index in [1.807, 2.05) is 24.3 Å². The molecule has 2 aliphatic heterocycles. The number of aromatic nitrogens is 4. The highest BCUT2D eigenvalue weighted by Crippen LogP contribution is 2.58. The number of para-hydroxylation sites is 3. The predicted octanol–water partition coefficient (Wildman–Crippen LogP) is 12.4. The fourth-order valence-corrected chi connectivity index (χ4v) is 13.1. The Bertz CT molecular complexity index is 3570. The van der Waals surface area contributed by atoms with Crippen molar-refractivity contribution in [2.75, 3.05) is 0 Å². The Balaban J connectivity index is 1.09. The van der Waals surface area contributed by atoms with Crippen LogP contribution in [0.5, 0.6) is 0 Å². The van der Waals surface area contributed by atoms with E-state index in [2.05, 4.69) is 205 Å². The average molecular weight is 821 g/mol. The fourth-order valence-electron chi connectivity index (χ4n) is 10.4. The molecule has 4 nitrogen and oxygen atoms in total. The third-order valence-corrected chi connectivity index (χ3v) is 15.6. The number of rotatable bonds is 5. The highest BCUT2D eigenvalue weighted by molar-refractivity contribution is 7.80. The van der Waals surface area contributed by atoms with Gasteiger partial charge in [0.1, 0.15) is 0 Å². The van der Waals surface area contributed by atoms with Crippen molar-refractivity contribution in [3.8, 4) is 51.0 Å². The summed E-state index contributed by atoms with van der Waals surface area (Å²) in [5.41, 5.74) is 13.5. The van der Waals surface area contributed by atoms with Crippen molar-refractivity contribution in [3.05, 3.63) is 247 Å². The SMILES string of the molecule is c1ccc(-c2ccc(-c3nc(-c4ccccc4)nc(-c4ccc5c(c4)[P@@](c4ccccc4)c4ccccc4C54c5ccccc5-n5c6ccccc6c6cccc4c65)n3)cc2)cc1. The van der Waals surface area contributed by atoms with Crippen LogP contribution in [0.15, 0.2) is 224 Å². The van der Waals surface area contributed by atoms with Gasteiger partial charge < -0.3 is 4.57 Å². The molecule has 0 saturated carbocycles. The van der Waals surface area contributed by atoms with Gasteiger partial charge in [-0.3, -0.25) is 0 Å². The molecule has 2 aromatic heterocycles. The summed E-state index contributed by atoms with van der Waals surface area (Å²) in [4.78, 5) is 15.7. The average Bonchev–Trinajstić information content (AvgIpc) is 3.71. The monoisotopic (exact) mass is 820 g/mol. The van der Waals surface area contributed by atoms with E-state index in [4.69, 9.17) is 15.0 Å². The van der Waals surface area contributed by atoms with Gasteiger partial charge >= 0.3 is 0 Å². The zero-order valence-corrected chi connectivity index (χ0v) is 35.0. The van der Waals surface area contributed by atoms with Crippen LogP contribution in [0.3, 0.4) is 0 Å². The lowest BCUT2D eigenvalue weighted by Crippen LogP contribution is -2.47. The van der Waals surface area contributed by atoms with Crippen LogP contribution in [-0.4, -0.2) is 19.5 Å². The van der Waals surface area contributed by atoms with Gasteiger partial charge in [-0.05, 0) is 75.4 Å². The molecule has 1 unspecified atom stereocenters. The standard InChI is InChI=1S/C58H37N4P/c1-4-17-38(18-5-1)39-31-33-41(34-32-39)56-59-55(40-19-6-2-7-20-40)60-57(61-56)42-35-36-48-53(37-42)63(43-21-8-3-9-22-43)52-30-15-12-26-47(52)58(48)46-25-11-14-29-51(46)62-50-28-13-10-23-44(50)45-24-16-27-49(58)54(45)62/h1-37H/t58?,63-/m0/s1. The van der Waals surface area contributed by atoms with Gasteiger partial charge in [-0.15, -0.1) is 0 Å². The molecule has 4 heterocycles. The summed E-state index contributed by atoms with van der Waals surface area (Å²) in [6.45, 7) is 0. The van der Waals surface area contributed by atoms with Crippen molar-refractivity contribution >= 4 is 45.6 Å². The Labute approximate surface area is 366 Å². The van der Waals surface area contributed by atoms with Gasteiger partial charge in [-0.2, -0.15) is 0 Å².